The predicted molar refractivity (Wildman–Crippen MR) is 50.8 cm³/mol. The van der Waals surface area contributed by atoms with Crippen LogP contribution in [0.15, 0.2) is 12.4 Å². The van der Waals surface area contributed by atoms with E-state index in [4.69, 9.17) is 4.74 Å². The number of nitrogens with zero attached hydrogens (tertiary/aromatic N) is 2. The summed E-state index contributed by atoms with van der Waals surface area (Å²) >= 11 is 0. The van der Waals surface area contributed by atoms with Crippen LogP contribution in [-0.2, 0) is 4.74 Å². The molecule has 4 heteroatoms. The third-order valence-electron chi connectivity index (χ3n) is 2.47. The fraction of sp³-hybridized carbons (Fsp3) is 0.667. The fourth-order valence-corrected chi connectivity index (χ4v) is 1.83. The van der Waals surface area contributed by atoms with Crippen molar-refractivity contribution in [2.75, 3.05) is 31.7 Å². The van der Waals surface area contributed by atoms with E-state index in [0.29, 0.717) is 5.92 Å². The summed E-state index contributed by atoms with van der Waals surface area (Å²) in [6.45, 7) is 3.00. The van der Waals surface area contributed by atoms with E-state index in [1.807, 2.05) is 6.20 Å². The maximum Gasteiger partial charge on any atom is 0.202 e. The molecule has 1 aliphatic rings. The van der Waals surface area contributed by atoms with Crippen LogP contribution in [-0.4, -0.2) is 36.8 Å². The lowest BCUT2D eigenvalue weighted by atomic mass is 10.1. The highest BCUT2D eigenvalue weighted by molar-refractivity contribution is 5.30. The molecule has 2 rings (SSSR count). The highest BCUT2D eigenvalue weighted by Gasteiger charge is 2.23. The van der Waals surface area contributed by atoms with Crippen molar-refractivity contribution in [2.45, 2.75) is 6.42 Å². The standard InChI is InChI=1S/C9H15N3O/c1-13-7-8-2-5-12(6-8)9-10-3-4-11-9/h3-4,8H,2,5-7H2,1H3,(H,10,11). The first-order chi connectivity index (χ1) is 6.40. The number of hydrogen-bond acceptors (Lipinski definition) is 3. The number of imidazole rings is 1. The predicted octanol–water partition coefficient (Wildman–Crippen LogP) is 0.882. The number of methoxy groups -OCH3 is 1. The summed E-state index contributed by atoms with van der Waals surface area (Å²) in [6.07, 6.45) is 4.85. The quantitative estimate of drug-likeness (QED) is 0.752. The molecule has 4 nitrogen and oxygen atoms in total. The molecule has 2 heterocycles. The van der Waals surface area contributed by atoms with Crippen molar-refractivity contribution in [3.8, 4) is 0 Å². The second kappa shape index (κ2) is 3.79. The molecule has 0 aliphatic carbocycles. The Balaban J connectivity index is 1.91. The van der Waals surface area contributed by atoms with E-state index in [0.717, 1.165) is 25.6 Å². The van der Waals surface area contributed by atoms with Gasteiger partial charge in [0.2, 0.25) is 5.95 Å². The zero-order valence-electron chi connectivity index (χ0n) is 7.86. The molecule has 72 valence electrons. The number of hydrogen-bond donors (Lipinski definition) is 1. The van der Waals surface area contributed by atoms with Crippen molar-refractivity contribution in [2.24, 2.45) is 5.92 Å². The summed E-state index contributed by atoms with van der Waals surface area (Å²) < 4.78 is 5.13. The van der Waals surface area contributed by atoms with E-state index in [2.05, 4.69) is 14.9 Å². The molecular weight excluding hydrogens is 166 g/mol. The molecular formula is C9H15N3O. The van der Waals surface area contributed by atoms with E-state index >= 15 is 0 Å². The second-order valence-electron chi connectivity index (χ2n) is 3.47. The molecule has 13 heavy (non-hydrogen) atoms. The Morgan fingerprint density at radius 3 is 3.38 bits per heavy atom. The van der Waals surface area contributed by atoms with Crippen LogP contribution in [0.3, 0.4) is 0 Å². The number of anilines is 1. The topological polar surface area (TPSA) is 41.1 Å². The van der Waals surface area contributed by atoms with Crippen molar-refractivity contribution in [1.29, 1.82) is 0 Å². The van der Waals surface area contributed by atoms with Gasteiger partial charge in [0.25, 0.3) is 0 Å². The normalized spacial score (nSPS) is 22.5. The first-order valence-electron chi connectivity index (χ1n) is 4.63. The minimum atomic E-state index is 0.662. The smallest absolute Gasteiger partial charge is 0.202 e. The van der Waals surface area contributed by atoms with Crippen LogP contribution >= 0.6 is 0 Å². The number of H-pyrrole nitrogens is 1. The van der Waals surface area contributed by atoms with E-state index < -0.39 is 0 Å². The Morgan fingerprint density at radius 2 is 2.69 bits per heavy atom. The Kier molecular flexibility index (Phi) is 2.49. The Bertz CT molecular complexity index is 247. The van der Waals surface area contributed by atoms with E-state index in [1.54, 1.807) is 13.3 Å². The molecule has 1 fully saturated rings. The molecule has 0 saturated carbocycles. The molecule has 1 aromatic heterocycles. The summed E-state index contributed by atoms with van der Waals surface area (Å²) in [4.78, 5) is 9.61. The molecule has 0 bridgehead atoms. The number of ether oxygens (including phenoxy) is 1. The van der Waals surface area contributed by atoms with E-state index in [-0.39, 0.29) is 0 Å². The SMILES string of the molecule is COCC1CCN(c2ncc[nH]2)C1. The van der Waals surface area contributed by atoms with Crippen molar-refractivity contribution < 1.29 is 4.74 Å². The van der Waals surface area contributed by atoms with Gasteiger partial charge in [0.05, 0.1) is 6.61 Å². The monoisotopic (exact) mass is 181 g/mol. The molecule has 0 radical (unpaired) electrons. The largest absolute Gasteiger partial charge is 0.384 e. The van der Waals surface area contributed by atoms with Crippen LogP contribution in [0.5, 0.6) is 0 Å². The zero-order chi connectivity index (χ0) is 9.10. The van der Waals surface area contributed by atoms with Crippen LogP contribution in [0, 0.1) is 5.92 Å². The van der Waals surface area contributed by atoms with E-state index in [9.17, 15) is 0 Å². The minimum Gasteiger partial charge on any atom is -0.384 e. The molecule has 1 N–H and O–H groups in total. The number of rotatable bonds is 3. The van der Waals surface area contributed by atoms with Gasteiger partial charge in [-0.1, -0.05) is 0 Å². The lowest BCUT2D eigenvalue weighted by Gasteiger charge is -2.14. The molecule has 1 unspecified atom stereocenters. The van der Waals surface area contributed by atoms with Crippen molar-refractivity contribution >= 4 is 5.95 Å². The first-order valence-corrected chi connectivity index (χ1v) is 4.63. The average molecular weight is 181 g/mol. The molecule has 0 aromatic carbocycles. The molecule has 1 saturated heterocycles. The van der Waals surface area contributed by atoms with Gasteiger partial charge in [-0.05, 0) is 6.42 Å². The van der Waals surface area contributed by atoms with Gasteiger partial charge in [0.15, 0.2) is 0 Å². The molecule has 0 spiro atoms. The van der Waals surface area contributed by atoms with Crippen LogP contribution in [0.4, 0.5) is 5.95 Å². The van der Waals surface area contributed by atoms with Gasteiger partial charge in [0, 0.05) is 38.5 Å². The lowest BCUT2D eigenvalue weighted by molar-refractivity contribution is 0.161. The van der Waals surface area contributed by atoms with Crippen molar-refractivity contribution in [1.82, 2.24) is 9.97 Å². The lowest BCUT2D eigenvalue weighted by Crippen LogP contribution is -2.21. The fourth-order valence-electron chi connectivity index (χ4n) is 1.83. The van der Waals surface area contributed by atoms with Crippen molar-refractivity contribution in [3.63, 3.8) is 0 Å². The van der Waals surface area contributed by atoms with Crippen LogP contribution < -0.4 is 4.90 Å². The molecule has 1 atom stereocenters. The van der Waals surface area contributed by atoms with Gasteiger partial charge >= 0.3 is 0 Å². The number of aromatic amines is 1. The van der Waals surface area contributed by atoms with Gasteiger partial charge in [-0.15, -0.1) is 0 Å². The summed E-state index contributed by atoms with van der Waals surface area (Å²) in [5.74, 6) is 1.65. The van der Waals surface area contributed by atoms with Gasteiger partial charge in [-0.3, -0.25) is 0 Å². The third-order valence-corrected chi connectivity index (χ3v) is 2.47. The highest BCUT2D eigenvalue weighted by atomic mass is 16.5. The van der Waals surface area contributed by atoms with Gasteiger partial charge in [-0.2, -0.15) is 0 Å². The Hall–Kier alpha value is -1.03. The van der Waals surface area contributed by atoms with Crippen molar-refractivity contribution in [3.05, 3.63) is 12.4 Å². The summed E-state index contributed by atoms with van der Waals surface area (Å²) in [5.41, 5.74) is 0. The molecule has 1 aliphatic heterocycles. The third kappa shape index (κ3) is 1.83. The minimum absolute atomic E-state index is 0.662. The van der Waals surface area contributed by atoms with Crippen LogP contribution in [0.2, 0.25) is 0 Å². The van der Waals surface area contributed by atoms with Gasteiger partial charge in [0.1, 0.15) is 0 Å². The second-order valence-corrected chi connectivity index (χ2v) is 3.47. The van der Waals surface area contributed by atoms with Crippen LogP contribution in [0.25, 0.3) is 0 Å². The Labute approximate surface area is 77.9 Å². The number of aromatic nitrogens is 2. The zero-order valence-corrected chi connectivity index (χ0v) is 7.86. The highest BCUT2D eigenvalue weighted by Crippen LogP contribution is 2.20. The average Bonchev–Trinajstić information content (AvgIpc) is 2.70. The summed E-state index contributed by atoms with van der Waals surface area (Å²) in [6, 6.07) is 0. The van der Waals surface area contributed by atoms with Gasteiger partial charge in [-0.25, -0.2) is 4.98 Å². The molecule has 1 aromatic rings. The van der Waals surface area contributed by atoms with Gasteiger partial charge < -0.3 is 14.6 Å². The Morgan fingerprint density at radius 1 is 1.77 bits per heavy atom. The summed E-state index contributed by atoms with van der Waals surface area (Å²) in [5, 5.41) is 0. The van der Waals surface area contributed by atoms with Crippen LogP contribution in [0.1, 0.15) is 6.42 Å². The van der Waals surface area contributed by atoms with E-state index in [1.165, 1.54) is 6.42 Å². The number of nitrogens with one attached hydrogen (secondary N) is 1. The maximum atomic E-state index is 5.13. The first kappa shape index (κ1) is 8.56. The maximum absolute atomic E-state index is 5.13. The molecule has 0 amide bonds. The summed E-state index contributed by atoms with van der Waals surface area (Å²) in [7, 11) is 1.76.